The first-order chi connectivity index (χ1) is 20.8. The van der Waals surface area contributed by atoms with E-state index < -0.39 is 96.4 Å². The maximum absolute atomic E-state index is 13.7. The van der Waals surface area contributed by atoms with E-state index >= 15 is 0 Å². The zero-order chi connectivity index (χ0) is 32.0. The van der Waals surface area contributed by atoms with Gasteiger partial charge in [-0.25, -0.2) is 0 Å². The van der Waals surface area contributed by atoms with Crippen molar-refractivity contribution in [1.29, 1.82) is 0 Å². The molecule has 5 unspecified atom stereocenters. The fraction of sp³-hybridized carbons (Fsp3) is 0.464. The minimum atomic E-state index is -1.95. The summed E-state index contributed by atoms with van der Waals surface area (Å²) in [5, 5.41) is 92.1. The van der Waals surface area contributed by atoms with Gasteiger partial charge in [-0.3, -0.25) is 4.79 Å². The molecule has 240 valence electrons. The van der Waals surface area contributed by atoms with E-state index in [1.165, 1.54) is 26.2 Å². The van der Waals surface area contributed by atoms with Gasteiger partial charge in [0.1, 0.15) is 65.2 Å². The van der Waals surface area contributed by atoms with Gasteiger partial charge in [0.2, 0.25) is 17.5 Å². The number of benzene rings is 2. The minimum absolute atomic E-state index is 0.0145. The molecule has 2 fully saturated rings. The highest BCUT2D eigenvalue weighted by molar-refractivity contribution is 5.88. The Morgan fingerprint density at radius 3 is 2.14 bits per heavy atom. The average Bonchev–Trinajstić information content (AvgIpc) is 3.00. The summed E-state index contributed by atoms with van der Waals surface area (Å²) in [5.74, 6) is -2.44. The standard InChI is InChI=1S/C28H32O16/c1-9-18(32)21(35)23(37)27(41-9)40-8-16-19(33)22(36)24(38)28(43-16)44-26-20(34)17-14(31)6-11(39-2)7-15(17)42-25(26)10-3-4-12(29)13(30)5-10/h3-7,9,16,18-19,21-24,27-33,35-38H,8H2,1-2H3/t9?,16?,18-,19-,21-,22?,23?,24?,27+,28-/m0/s1. The van der Waals surface area contributed by atoms with Gasteiger partial charge in [-0.1, -0.05) is 0 Å². The molecule has 0 spiro atoms. The molecule has 3 heterocycles. The van der Waals surface area contributed by atoms with Gasteiger partial charge >= 0.3 is 0 Å². The second kappa shape index (κ2) is 12.4. The van der Waals surface area contributed by atoms with Gasteiger partial charge in [0.15, 0.2) is 23.5 Å². The molecule has 2 aliphatic heterocycles. The smallest absolute Gasteiger partial charge is 0.239 e. The van der Waals surface area contributed by atoms with E-state index in [0.29, 0.717) is 0 Å². The normalized spacial score (nSPS) is 32.5. The van der Waals surface area contributed by atoms with Crippen LogP contribution in [0.3, 0.4) is 0 Å². The van der Waals surface area contributed by atoms with Gasteiger partial charge in [0.05, 0.1) is 19.8 Å². The summed E-state index contributed by atoms with van der Waals surface area (Å²) in [4.78, 5) is 13.7. The van der Waals surface area contributed by atoms with Crippen molar-refractivity contribution in [2.75, 3.05) is 13.7 Å². The lowest BCUT2D eigenvalue weighted by Gasteiger charge is -2.42. The molecular weight excluding hydrogens is 592 g/mol. The molecule has 1 aromatic heterocycles. The molecule has 16 heteroatoms. The van der Waals surface area contributed by atoms with E-state index in [9.17, 15) is 50.8 Å². The summed E-state index contributed by atoms with van der Waals surface area (Å²) in [6, 6.07) is 5.90. The molecule has 3 aromatic rings. The van der Waals surface area contributed by atoms with Crippen molar-refractivity contribution in [3.8, 4) is 40.1 Å². The third-order valence-electron chi connectivity index (χ3n) is 7.52. The Balaban J connectivity index is 1.49. The predicted octanol–water partition coefficient (Wildman–Crippen LogP) is -1.38. The Bertz CT molecular complexity index is 1560. The number of phenols is 3. The zero-order valence-corrected chi connectivity index (χ0v) is 23.3. The van der Waals surface area contributed by atoms with Crippen molar-refractivity contribution in [3.05, 3.63) is 40.6 Å². The Kier molecular flexibility index (Phi) is 8.90. The van der Waals surface area contributed by atoms with Crippen LogP contribution in [-0.2, 0) is 14.2 Å². The van der Waals surface area contributed by atoms with Crippen LogP contribution in [0.15, 0.2) is 39.5 Å². The van der Waals surface area contributed by atoms with Crippen molar-refractivity contribution in [2.24, 2.45) is 0 Å². The molecule has 5 rings (SSSR count). The molecule has 2 saturated heterocycles. The Hall–Kier alpha value is -3.71. The third-order valence-corrected chi connectivity index (χ3v) is 7.52. The fourth-order valence-electron chi connectivity index (χ4n) is 4.95. The first kappa shape index (κ1) is 31.7. The quantitative estimate of drug-likeness (QED) is 0.137. The molecule has 44 heavy (non-hydrogen) atoms. The molecule has 2 aliphatic rings. The number of methoxy groups -OCH3 is 1. The summed E-state index contributed by atoms with van der Waals surface area (Å²) < 4.78 is 33.2. The molecule has 0 bridgehead atoms. The highest BCUT2D eigenvalue weighted by atomic mass is 16.7. The van der Waals surface area contributed by atoms with Crippen molar-refractivity contribution < 1.29 is 74.1 Å². The number of aliphatic hydroxyl groups is 6. The van der Waals surface area contributed by atoms with Crippen LogP contribution >= 0.6 is 0 Å². The average molecular weight is 625 g/mol. The maximum atomic E-state index is 13.7. The fourth-order valence-corrected chi connectivity index (χ4v) is 4.95. The number of fused-ring (bicyclic) bond motifs is 1. The summed E-state index contributed by atoms with van der Waals surface area (Å²) >= 11 is 0. The number of aliphatic hydroxyl groups excluding tert-OH is 6. The van der Waals surface area contributed by atoms with Crippen molar-refractivity contribution in [1.82, 2.24) is 0 Å². The lowest BCUT2D eigenvalue weighted by atomic mass is 9.98. The summed E-state index contributed by atoms with van der Waals surface area (Å²) in [6.45, 7) is 0.841. The summed E-state index contributed by atoms with van der Waals surface area (Å²) in [6.07, 6.45) is -16.0. The number of hydrogen-bond acceptors (Lipinski definition) is 16. The molecular formula is C28H32O16. The van der Waals surface area contributed by atoms with Gasteiger partial charge in [-0.05, 0) is 25.1 Å². The van der Waals surface area contributed by atoms with E-state index in [-0.39, 0.29) is 28.0 Å². The van der Waals surface area contributed by atoms with Crippen LogP contribution in [0, 0.1) is 0 Å². The van der Waals surface area contributed by atoms with Gasteiger partial charge in [0, 0.05) is 17.7 Å². The van der Waals surface area contributed by atoms with E-state index in [2.05, 4.69) is 0 Å². The second-order valence-electron chi connectivity index (χ2n) is 10.5. The predicted molar refractivity (Wildman–Crippen MR) is 145 cm³/mol. The van der Waals surface area contributed by atoms with Gasteiger partial charge in [-0.2, -0.15) is 0 Å². The van der Waals surface area contributed by atoms with Crippen LogP contribution in [0.25, 0.3) is 22.3 Å². The van der Waals surface area contributed by atoms with Crippen LogP contribution in [0.2, 0.25) is 0 Å². The Morgan fingerprint density at radius 2 is 1.45 bits per heavy atom. The monoisotopic (exact) mass is 624 g/mol. The number of phenolic OH excluding ortho intramolecular Hbond substituents is 3. The third kappa shape index (κ3) is 5.74. The second-order valence-corrected chi connectivity index (χ2v) is 10.5. The molecule has 0 radical (unpaired) electrons. The number of rotatable bonds is 7. The maximum Gasteiger partial charge on any atom is 0.239 e. The topological polar surface area (TPSA) is 258 Å². The highest BCUT2D eigenvalue weighted by Gasteiger charge is 2.47. The van der Waals surface area contributed by atoms with Gasteiger partial charge in [-0.15, -0.1) is 0 Å². The van der Waals surface area contributed by atoms with Crippen LogP contribution < -0.4 is 14.9 Å². The van der Waals surface area contributed by atoms with Crippen LogP contribution in [0.4, 0.5) is 0 Å². The molecule has 0 amide bonds. The van der Waals surface area contributed by atoms with Crippen LogP contribution in [-0.4, -0.2) is 121 Å². The van der Waals surface area contributed by atoms with Crippen LogP contribution in [0.1, 0.15) is 6.92 Å². The highest BCUT2D eigenvalue weighted by Crippen LogP contribution is 2.39. The Labute approximate surface area is 248 Å². The number of aromatic hydroxyl groups is 3. The summed E-state index contributed by atoms with van der Waals surface area (Å²) in [7, 11) is 1.32. The van der Waals surface area contributed by atoms with Gasteiger partial charge < -0.3 is 74.1 Å². The molecule has 2 aromatic carbocycles. The molecule has 0 saturated carbocycles. The van der Waals surface area contributed by atoms with Crippen molar-refractivity contribution in [3.63, 3.8) is 0 Å². The Morgan fingerprint density at radius 1 is 0.773 bits per heavy atom. The zero-order valence-electron chi connectivity index (χ0n) is 23.3. The lowest BCUT2D eigenvalue weighted by Crippen LogP contribution is -2.61. The first-order valence-corrected chi connectivity index (χ1v) is 13.4. The molecule has 0 aliphatic carbocycles. The van der Waals surface area contributed by atoms with Crippen LogP contribution in [0.5, 0.6) is 28.7 Å². The minimum Gasteiger partial charge on any atom is -0.507 e. The first-order valence-electron chi connectivity index (χ1n) is 13.4. The number of ether oxygens (including phenoxy) is 5. The van der Waals surface area contributed by atoms with Gasteiger partial charge in [0.25, 0.3) is 0 Å². The van der Waals surface area contributed by atoms with E-state index in [0.717, 1.165) is 18.2 Å². The molecule has 16 nitrogen and oxygen atoms in total. The van der Waals surface area contributed by atoms with Crippen molar-refractivity contribution in [2.45, 2.75) is 68.3 Å². The molecule has 9 N–H and O–H groups in total. The lowest BCUT2D eigenvalue weighted by molar-refractivity contribution is -0.318. The summed E-state index contributed by atoms with van der Waals surface area (Å²) in [5.41, 5.74) is -1.10. The molecule has 10 atom stereocenters. The van der Waals surface area contributed by atoms with E-state index in [1.807, 2.05) is 0 Å². The van der Waals surface area contributed by atoms with E-state index in [1.54, 1.807) is 0 Å². The van der Waals surface area contributed by atoms with Crippen molar-refractivity contribution >= 4 is 11.0 Å². The van der Waals surface area contributed by atoms with E-state index in [4.69, 9.17) is 28.1 Å². The SMILES string of the molecule is COc1cc(O)c2c(=O)c(O[C@@H]3OC(CO[C@@H]4OC(C)[C@H](O)[C@H](O)C4O)[C@H](O)C(O)C3O)c(-c3ccc(O)c(O)c3)oc2c1. The number of hydrogen-bond donors (Lipinski definition) is 9. The largest absolute Gasteiger partial charge is 0.507 e.